The van der Waals surface area contributed by atoms with Crippen LogP contribution in [0.25, 0.3) is 0 Å². The molecule has 17 heavy (non-hydrogen) atoms. The lowest BCUT2D eigenvalue weighted by molar-refractivity contribution is 0.0736. The summed E-state index contributed by atoms with van der Waals surface area (Å²) >= 11 is 0. The lowest BCUT2D eigenvalue weighted by atomic mass is 10.1. The number of rotatable bonds is 4. The van der Waals surface area contributed by atoms with E-state index in [1.807, 2.05) is 0 Å². The third kappa shape index (κ3) is 3.84. The Kier molecular flexibility index (Phi) is 5.93. The molecule has 3 heteroatoms. The summed E-state index contributed by atoms with van der Waals surface area (Å²) in [6, 6.07) is 0. The van der Waals surface area contributed by atoms with Crippen molar-refractivity contribution in [1.82, 2.24) is 0 Å². The third-order valence-electron chi connectivity index (χ3n) is 3.64. The molecular formula is C14H27O2Si. The van der Waals surface area contributed by atoms with Gasteiger partial charge in [-0.25, -0.2) is 0 Å². The van der Waals surface area contributed by atoms with Gasteiger partial charge in [0, 0.05) is 0 Å². The van der Waals surface area contributed by atoms with Crippen LogP contribution in [-0.4, -0.2) is 30.5 Å². The van der Waals surface area contributed by atoms with E-state index in [-0.39, 0.29) is 0 Å². The molecule has 0 fully saturated rings. The van der Waals surface area contributed by atoms with E-state index in [4.69, 9.17) is 5.11 Å². The fraction of sp³-hybridized carbons (Fsp3) is 0.786. The molecule has 0 aromatic heterocycles. The molecule has 0 amide bonds. The summed E-state index contributed by atoms with van der Waals surface area (Å²) < 4.78 is 0. The predicted molar refractivity (Wildman–Crippen MR) is 76.2 cm³/mol. The molecule has 0 saturated heterocycles. The Morgan fingerprint density at radius 1 is 1.06 bits per heavy atom. The van der Waals surface area contributed by atoms with Gasteiger partial charge in [0.2, 0.25) is 0 Å². The summed E-state index contributed by atoms with van der Waals surface area (Å²) in [7, 11) is -1.83. The minimum absolute atomic E-state index is 0.418. The monoisotopic (exact) mass is 255 g/mol. The van der Waals surface area contributed by atoms with Gasteiger partial charge in [0.05, 0.1) is 6.61 Å². The van der Waals surface area contributed by atoms with Crippen LogP contribution in [-0.2, 0) is 0 Å². The molecule has 0 rings (SSSR count). The zero-order chi connectivity index (χ0) is 13.9. The highest BCUT2D eigenvalue weighted by Crippen LogP contribution is 2.40. The van der Waals surface area contributed by atoms with Crippen LogP contribution in [0, 0.1) is 18.4 Å². The maximum absolute atomic E-state index is 9.72. The first-order chi connectivity index (χ1) is 7.60. The van der Waals surface area contributed by atoms with E-state index >= 15 is 0 Å². The van der Waals surface area contributed by atoms with Crippen molar-refractivity contribution in [3.05, 3.63) is 6.92 Å². The van der Waals surface area contributed by atoms with Gasteiger partial charge in [0.25, 0.3) is 0 Å². The van der Waals surface area contributed by atoms with E-state index in [0.717, 1.165) is 0 Å². The van der Waals surface area contributed by atoms with Crippen molar-refractivity contribution in [2.75, 3.05) is 6.61 Å². The van der Waals surface area contributed by atoms with E-state index in [9.17, 15) is 5.11 Å². The predicted octanol–water partition coefficient (Wildman–Crippen LogP) is 2.77. The standard InChI is InChI=1S/C14H27O2Si/c1-11(2)17(12(3)4,13(5)6)9-8-14(7,16)10-15/h11-13,15-16H,7,10H2,1-6H3/t14-/m1/s1. The minimum atomic E-state index is -1.83. The zero-order valence-corrected chi connectivity index (χ0v) is 13.0. The van der Waals surface area contributed by atoms with E-state index in [1.54, 1.807) is 0 Å². The van der Waals surface area contributed by atoms with Crippen molar-refractivity contribution in [1.29, 1.82) is 0 Å². The zero-order valence-electron chi connectivity index (χ0n) is 12.0. The number of aliphatic hydroxyl groups is 2. The fourth-order valence-electron chi connectivity index (χ4n) is 2.70. The lowest BCUT2D eigenvalue weighted by Crippen LogP contribution is -2.44. The first-order valence-electron chi connectivity index (χ1n) is 6.33. The van der Waals surface area contributed by atoms with Gasteiger partial charge < -0.3 is 10.2 Å². The Bertz CT molecular complexity index is 273. The number of hydrogen-bond donors (Lipinski definition) is 2. The summed E-state index contributed by atoms with van der Waals surface area (Å²) in [6.07, 6.45) is 0. The van der Waals surface area contributed by atoms with Gasteiger partial charge in [0.15, 0.2) is 0 Å². The quantitative estimate of drug-likeness (QED) is 0.599. The molecule has 0 unspecified atom stereocenters. The topological polar surface area (TPSA) is 40.5 Å². The van der Waals surface area contributed by atoms with Crippen LogP contribution in [0.15, 0.2) is 0 Å². The van der Waals surface area contributed by atoms with Crippen molar-refractivity contribution < 1.29 is 10.2 Å². The molecule has 0 aromatic rings. The fourth-order valence-corrected chi connectivity index (χ4v) is 8.01. The average Bonchev–Trinajstić information content (AvgIpc) is 2.16. The normalized spacial score (nSPS) is 16.0. The van der Waals surface area contributed by atoms with Crippen molar-refractivity contribution >= 4 is 8.07 Å². The van der Waals surface area contributed by atoms with Crippen LogP contribution in [0.4, 0.5) is 0 Å². The Hall–Kier alpha value is -0.303. The number of hydrogen-bond acceptors (Lipinski definition) is 2. The average molecular weight is 255 g/mol. The highest BCUT2D eigenvalue weighted by Gasteiger charge is 2.42. The molecule has 0 aliphatic rings. The van der Waals surface area contributed by atoms with Crippen LogP contribution >= 0.6 is 0 Å². The van der Waals surface area contributed by atoms with E-state index in [2.05, 4.69) is 59.9 Å². The highest BCUT2D eigenvalue weighted by atomic mass is 28.3. The van der Waals surface area contributed by atoms with Crippen molar-refractivity contribution in [2.24, 2.45) is 0 Å². The smallest absolute Gasteiger partial charge is 0.147 e. The SMILES string of the molecule is [CH2][C@@](O)(C#C[Si](C(C)C)(C(C)C)C(C)C)CO. The van der Waals surface area contributed by atoms with E-state index in [1.165, 1.54) is 0 Å². The molecule has 0 saturated carbocycles. The molecule has 0 aliphatic carbocycles. The van der Waals surface area contributed by atoms with Gasteiger partial charge in [-0.2, -0.15) is 0 Å². The van der Waals surface area contributed by atoms with Crippen LogP contribution < -0.4 is 0 Å². The van der Waals surface area contributed by atoms with Gasteiger partial charge in [-0.15, -0.1) is 5.54 Å². The number of aliphatic hydroxyl groups excluding tert-OH is 1. The van der Waals surface area contributed by atoms with E-state index in [0.29, 0.717) is 16.6 Å². The summed E-state index contributed by atoms with van der Waals surface area (Å²) in [5.41, 5.74) is 3.38. The summed E-state index contributed by atoms with van der Waals surface area (Å²) in [4.78, 5) is 0. The largest absolute Gasteiger partial charge is 0.392 e. The molecule has 0 aromatic carbocycles. The summed E-state index contributed by atoms with van der Waals surface area (Å²) in [5, 5.41) is 18.7. The molecular weight excluding hydrogens is 228 g/mol. The second kappa shape index (κ2) is 6.04. The summed E-state index contributed by atoms with van der Waals surface area (Å²) in [6.45, 7) is 16.4. The van der Waals surface area contributed by atoms with Gasteiger partial charge in [-0.1, -0.05) is 47.5 Å². The van der Waals surface area contributed by atoms with Crippen molar-refractivity contribution in [3.8, 4) is 11.5 Å². The third-order valence-corrected chi connectivity index (χ3v) is 9.93. The maximum atomic E-state index is 9.72. The molecule has 0 aliphatic heterocycles. The van der Waals surface area contributed by atoms with Gasteiger partial charge in [-0.05, 0) is 23.5 Å². The molecule has 1 atom stereocenters. The Balaban J connectivity index is 5.49. The second-order valence-electron chi connectivity index (χ2n) is 5.84. The molecule has 2 N–H and O–H groups in total. The van der Waals surface area contributed by atoms with Crippen LogP contribution in [0.5, 0.6) is 0 Å². The highest BCUT2D eigenvalue weighted by molar-refractivity contribution is 6.90. The molecule has 2 nitrogen and oxygen atoms in total. The maximum Gasteiger partial charge on any atom is 0.147 e. The second-order valence-corrected chi connectivity index (χ2v) is 11.4. The Labute approximate surface area is 107 Å². The van der Waals surface area contributed by atoms with Gasteiger partial charge in [0.1, 0.15) is 13.7 Å². The van der Waals surface area contributed by atoms with Crippen LogP contribution in [0.2, 0.25) is 16.6 Å². The lowest BCUT2D eigenvalue weighted by Gasteiger charge is -2.38. The Morgan fingerprint density at radius 2 is 1.41 bits per heavy atom. The van der Waals surface area contributed by atoms with Crippen molar-refractivity contribution in [2.45, 2.75) is 63.8 Å². The first kappa shape index (κ1) is 16.7. The Morgan fingerprint density at radius 3 is 1.65 bits per heavy atom. The van der Waals surface area contributed by atoms with Gasteiger partial charge in [-0.3, -0.25) is 0 Å². The summed E-state index contributed by atoms with van der Waals surface area (Å²) in [5.74, 6) is 2.80. The molecule has 0 spiro atoms. The van der Waals surface area contributed by atoms with Crippen molar-refractivity contribution in [3.63, 3.8) is 0 Å². The minimum Gasteiger partial charge on any atom is -0.392 e. The molecule has 0 heterocycles. The molecule has 0 bridgehead atoms. The van der Waals surface area contributed by atoms with Gasteiger partial charge >= 0.3 is 0 Å². The first-order valence-corrected chi connectivity index (χ1v) is 8.56. The van der Waals surface area contributed by atoms with Crippen LogP contribution in [0.3, 0.4) is 0 Å². The van der Waals surface area contributed by atoms with E-state index < -0.39 is 20.3 Å². The van der Waals surface area contributed by atoms with Crippen LogP contribution in [0.1, 0.15) is 41.5 Å². The molecule has 99 valence electrons. The molecule has 1 radical (unpaired) electrons.